The summed E-state index contributed by atoms with van der Waals surface area (Å²) in [6, 6.07) is 0. The number of hydrogen-bond acceptors (Lipinski definition) is 8. The van der Waals surface area contributed by atoms with E-state index in [1.807, 2.05) is 0 Å². The van der Waals surface area contributed by atoms with Crippen molar-refractivity contribution >= 4 is 5.97 Å². The maximum absolute atomic E-state index is 10.2. The van der Waals surface area contributed by atoms with Crippen molar-refractivity contribution in [1.82, 2.24) is 0 Å². The van der Waals surface area contributed by atoms with Gasteiger partial charge in [0.2, 0.25) is 0 Å². The highest BCUT2D eigenvalue weighted by Gasteiger charge is 1.96. The summed E-state index contributed by atoms with van der Waals surface area (Å²) in [7, 11) is 0. The largest absolute Gasteiger partial charge is 0.481 e. The molecule has 1 N–H and O–H groups in total. The Hall–Kier alpha value is -1.62. The molecule has 0 aromatic rings. The van der Waals surface area contributed by atoms with Crippen molar-refractivity contribution in [2.24, 2.45) is 5.28 Å². The van der Waals surface area contributed by atoms with Crippen LogP contribution in [0.5, 0.6) is 0 Å². The van der Waals surface area contributed by atoms with Gasteiger partial charge in [0, 0.05) is 4.91 Å². The number of carboxylic acid groups (broad SMARTS) is 1. The van der Waals surface area contributed by atoms with E-state index in [1.54, 1.807) is 0 Å². The van der Waals surface area contributed by atoms with E-state index in [0.29, 0.717) is 59.5 Å². The van der Waals surface area contributed by atoms with Crippen LogP contribution < -0.4 is 0 Å². The quantitative estimate of drug-likeness (QED) is 0.118. The Labute approximate surface area is 140 Å². The zero-order valence-corrected chi connectivity index (χ0v) is 13.6. The predicted molar refractivity (Wildman–Crippen MR) is 81.4 cm³/mol. The number of ether oxygens (including phenoxy) is 5. The van der Waals surface area contributed by atoms with Crippen LogP contribution in [0.15, 0.2) is 5.28 Å². The van der Waals surface area contributed by atoms with Crippen LogP contribution in [0.4, 0.5) is 0 Å². The van der Waals surface area contributed by atoms with Crippen molar-refractivity contribution in [3.8, 4) is 0 Å². The molecule has 0 saturated carbocycles. The summed E-state index contributed by atoms with van der Waals surface area (Å²) >= 11 is 0. The maximum atomic E-state index is 10.2. The zero-order chi connectivity index (χ0) is 17.7. The molecule has 0 saturated heterocycles. The monoisotopic (exact) mass is 351 g/mol. The molecule has 0 aromatic heterocycles. The Bertz CT molecular complexity index is 321. The fraction of sp³-hybridized carbons (Fsp3) is 0.923. The fourth-order valence-electron chi connectivity index (χ4n) is 1.30. The molecule has 24 heavy (non-hydrogen) atoms. The van der Waals surface area contributed by atoms with Gasteiger partial charge in [0.1, 0.15) is 11.9 Å². The van der Waals surface area contributed by atoms with Gasteiger partial charge in [0.15, 0.2) is 0 Å². The van der Waals surface area contributed by atoms with Crippen molar-refractivity contribution in [3.05, 3.63) is 10.4 Å². The van der Waals surface area contributed by atoms with Crippen LogP contribution in [0.25, 0.3) is 10.4 Å². The molecular weight excluding hydrogens is 326 g/mol. The summed E-state index contributed by atoms with van der Waals surface area (Å²) in [6.45, 7) is 4.16. The van der Waals surface area contributed by atoms with Gasteiger partial charge in [-0.3, -0.25) is 4.79 Å². The molecule has 0 aliphatic rings. The van der Waals surface area contributed by atoms with Crippen LogP contribution in [0.3, 0.4) is 0 Å². The van der Waals surface area contributed by atoms with E-state index in [-0.39, 0.29) is 19.6 Å². The average molecular weight is 351 g/mol. The van der Waals surface area contributed by atoms with Crippen molar-refractivity contribution < 1.29 is 38.4 Å². The predicted octanol–water partition coefficient (Wildman–Crippen LogP) is 0.786. The second kappa shape index (κ2) is 19.4. The minimum Gasteiger partial charge on any atom is -0.481 e. The van der Waals surface area contributed by atoms with Crippen LogP contribution in [-0.2, 0) is 33.3 Å². The first-order chi connectivity index (χ1) is 11.8. The van der Waals surface area contributed by atoms with Gasteiger partial charge < -0.3 is 33.6 Å². The van der Waals surface area contributed by atoms with Crippen LogP contribution >= 0.6 is 0 Å². The lowest BCUT2D eigenvalue weighted by Crippen LogP contribution is -2.14. The zero-order valence-electron chi connectivity index (χ0n) is 13.6. The molecule has 11 heteroatoms. The normalized spacial score (nSPS) is 10.3. The summed E-state index contributed by atoms with van der Waals surface area (Å²) in [5.74, 6) is -0.877. The molecule has 0 bridgehead atoms. The van der Waals surface area contributed by atoms with E-state index in [1.165, 1.54) is 0 Å². The van der Waals surface area contributed by atoms with Crippen LogP contribution in [0.1, 0.15) is 6.42 Å². The minimum atomic E-state index is -0.877. The molecule has 0 aromatic carbocycles. The standard InChI is InChI=1S/C13H25N3O8/c14-15-16-24-12-11-23-10-9-22-8-7-21-6-5-20-4-3-19-2-1-13(17)18/h1-12H2,(H,17,18). The third kappa shape index (κ3) is 20.4. The fourth-order valence-corrected chi connectivity index (χ4v) is 1.30. The number of azide groups is 1. The van der Waals surface area contributed by atoms with Gasteiger partial charge in [-0.1, -0.05) is 0 Å². The number of carbonyl (C=O) groups is 1. The van der Waals surface area contributed by atoms with Gasteiger partial charge in [-0.2, -0.15) is 0 Å². The molecule has 11 nitrogen and oxygen atoms in total. The number of hydrogen-bond donors (Lipinski definition) is 1. The SMILES string of the molecule is [N-]=[N+]=NOCCOCCOCCOCCOCCOCCC(=O)O. The Morgan fingerprint density at radius 2 is 1.12 bits per heavy atom. The van der Waals surface area contributed by atoms with Crippen LogP contribution in [0, 0.1) is 0 Å². The highest BCUT2D eigenvalue weighted by molar-refractivity contribution is 5.66. The van der Waals surface area contributed by atoms with Crippen molar-refractivity contribution in [2.45, 2.75) is 6.42 Å². The van der Waals surface area contributed by atoms with Gasteiger partial charge in [-0.25, -0.2) is 0 Å². The van der Waals surface area contributed by atoms with Crippen LogP contribution in [-0.4, -0.2) is 83.8 Å². The lowest BCUT2D eigenvalue weighted by Gasteiger charge is -2.07. The van der Waals surface area contributed by atoms with Crippen LogP contribution in [0.2, 0.25) is 0 Å². The molecule has 0 aliphatic carbocycles. The Balaban J connectivity index is 3.00. The third-order valence-electron chi connectivity index (χ3n) is 2.36. The Kier molecular flexibility index (Phi) is 18.1. The third-order valence-corrected chi connectivity index (χ3v) is 2.36. The minimum absolute atomic E-state index is 0.00231. The lowest BCUT2D eigenvalue weighted by atomic mass is 10.5. The van der Waals surface area contributed by atoms with E-state index in [4.69, 9.17) is 34.3 Å². The second-order valence-electron chi connectivity index (χ2n) is 4.21. The molecular formula is C13H25N3O8. The molecule has 0 unspecified atom stereocenters. The first kappa shape index (κ1) is 22.4. The molecule has 0 radical (unpaired) electrons. The lowest BCUT2D eigenvalue weighted by molar-refractivity contribution is -0.138. The number of aliphatic carboxylic acids is 1. The molecule has 0 aliphatic heterocycles. The summed E-state index contributed by atoms with van der Waals surface area (Å²) in [5.41, 5.74) is 7.95. The summed E-state index contributed by atoms with van der Waals surface area (Å²) < 4.78 is 26.0. The highest BCUT2D eigenvalue weighted by atomic mass is 16.7. The number of rotatable bonds is 19. The molecule has 0 amide bonds. The van der Waals surface area contributed by atoms with Crippen molar-refractivity contribution in [2.75, 3.05) is 72.7 Å². The molecule has 0 atom stereocenters. The van der Waals surface area contributed by atoms with Gasteiger partial charge in [-0.05, 0) is 5.53 Å². The summed E-state index contributed by atoms with van der Waals surface area (Å²) in [6.07, 6.45) is -0.00231. The van der Waals surface area contributed by atoms with Gasteiger partial charge in [-0.15, -0.1) is 0 Å². The van der Waals surface area contributed by atoms with E-state index in [0.717, 1.165) is 0 Å². The molecule has 140 valence electrons. The van der Waals surface area contributed by atoms with E-state index in [2.05, 4.69) is 15.0 Å². The maximum Gasteiger partial charge on any atom is 0.305 e. The van der Waals surface area contributed by atoms with Crippen molar-refractivity contribution in [1.29, 1.82) is 0 Å². The number of nitrogens with zero attached hydrogens (tertiary/aromatic N) is 3. The van der Waals surface area contributed by atoms with E-state index in [9.17, 15) is 4.79 Å². The Morgan fingerprint density at radius 1 is 0.750 bits per heavy atom. The Morgan fingerprint density at radius 3 is 1.50 bits per heavy atom. The topological polar surface area (TPSA) is 141 Å². The average Bonchev–Trinajstić information content (AvgIpc) is 2.56. The van der Waals surface area contributed by atoms with Gasteiger partial charge >= 0.3 is 5.97 Å². The highest BCUT2D eigenvalue weighted by Crippen LogP contribution is 1.86. The first-order valence-corrected chi connectivity index (χ1v) is 7.54. The molecule has 0 spiro atoms. The smallest absolute Gasteiger partial charge is 0.305 e. The molecule has 0 rings (SSSR count). The summed E-state index contributed by atoms with van der Waals surface area (Å²) in [4.78, 5) is 17.1. The van der Waals surface area contributed by atoms with Gasteiger partial charge in [0.05, 0.1) is 72.5 Å². The van der Waals surface area contributed by atoms with Gasteiger partial charge in [0.25, 0.3) is 0 Å². The van der Waals surface area contributed by atoms with Crippen molar-refractivity contribution in [3.63, 3.8) is 0 Å². The molecule has 0 fully saturated rings. The van der Waals surface area contributed by atoms with E-state index < -0.39 is 5.97 Å². The first-order valence-electron chi connectivity index (χ1n) is 7.54. The second-order valence-corrected chi connectivity index (χ2v) is 4.21. The van der Waals surface area contributed by atoms with E-state index >= 15 is 0 Å². The number of carboxylic acids is 1. The summed E-state index contributed by atoms with van der Waals surface area (Å²) in [5, 5.41) is 11.3. The molecule has 0 heterocycles.